The molecule has 0 radical (unpaired) electrons. The van der Waals surface area contributed by atoms with Crippen molar-refractivity contribution in [1.29, 1.82) is 0 Å². The van der Waals surface area contributed by atoms with Crippen LogP contribution in [0.1, 0.15) is 25.7 Å². The lowest BCUT2D eigenvalue weighted by atomic mass is 9.89. The first kappa shape index (κ1) is 13.6. The molecule has 1 aromatic heterocycles. The van der Waals surface area contributed by atoms with Crippen LogP contribution >= 0.6 is 0 Å². The van der Waals surface area contributed by atoms with E-state index in [-0.39, 0.29) is 0 Å². The molecule has 20 heavy (non-hydrogen) atoms. The van der Waals surface area contributed by atoms with Crippen LogP contribution in [-0.4, -0.2) is 30.8 Å². The second-order valence-electron chi connectivity index (χ2n) is 5.44. The minimum atomic E-state index is 0.357. The van der Waals surface area contributed by atoms with Crippen molar-refractivity contribution in [3.05, 3.63) is 30.2 Å². The minimum absolute atomic E-state index is 0.357. The summed E-state index contributed by atoms with van der Waals surface area (Å²) in [4.78, 5) is 4.58. The van der Waals surface area contributed by atoms with Crippen molar-refractivity contribution in [2.75, 3.05) is 13.7 Å². The number of nitrogens with one attached hydrogen (secondary N) is 1. The summed E-state index contributed by atoms with van der Waals surface area (Å²) in [6, 6.07) is 8.28. The molecule has 2 aromatic rings. The molecule has 4 nitrogen and oxygen atoms in total. The SMILES string of the molecule is CCC1OCCC1C(Cc1nc2ccccc2o1)NC. The highest BCUT2D eigenvalue weighted by Gasteiger charge is 2.33. The molecule has 3 rings (SSSR count). The Morgan fingerprint density at radius 1 is 1.40 bits per heavy atom. The number of aromatic nitrogens is 1. The van der Waals surface area contributed by atoms with Gasteiger partial charge in [0.15, 0.2) is 11.5 Å². The van der Waals surface area contributed by atoms with Gasteiger partial charge in [0.1, 0.15) is 5.52 Å². The number of rotatable bonds is 5. The van der Waals surface area contributed by atoms with Crippen LogP contribution in [-0.2, 0) is 11.2 Å². The summed E-state index contributed by atoms with van der Waals surface area (Å²) in [6.07, 6.45) is 3.35. The number of likely N-dealkylation sites (N-methyl/N-ethyl adjacent to an activating group) is 1. The number of para-hydroxylation sites is 2. The van der Waals surface area contributed by atoms with Crippen LogP contribution in [0.4, 0.5) is 0 Å². The summed E-state index contributed by atoms with van der Waals surface area (Å²) in [6.45, 7) is 3.06. The van der Waals surface area contributed by atoms with Crippen LogP contribution in [0.5, 0.6) is 0 Å². The summed E-state index contributed by atoms with van der Waals surface area (Å²) in [7, 11) is 2.01. The van der Waals surface area contributed by atoms with Gasteiger partial charge in [0.2, 0.25) is 0 Å². The molecular formula is C16H22N2O2. The lowest BCUT2D eigenvalue weighted by molar-refractivity contribution is 0.0777. The second-order valence-corrected chi connectivity index (χ2v) is 5.44. The Morgan fingerprint density at radius 3 is 3.00 bits per heavy atom. The van der Waals surface area contributed by atoms with E-state index in [1.807, 2.05) is 31.3 Å². The van der Waals surface area contributed by atoms with Gasteiger partial charge in [0, 0.05) is 25.0 Å². The van der Waals surface area contributed by atoms with Gasteiger partial charge in [-0.3, -0.25) is 0 Å². The Balaban J connectivity index is 1.77. The van der Waals surface area contributed by atoms with E-state index in [1.54, 1.807) is 0 Å². The molecule has 4 heteroatoms. The van der Waals surface area contributed by atoms with Crippen molar-refractivity contribution in [1.82, 2.24) is 10.3 Å². The molecule has 108 valence electrons. The Labute approximate surface area is 119 Å². The first-order chi connectivity index (χ1) is 9.81. The molecule has 0 amide bonds. The number of nitrogens with zero attached hydrogens (tertiary/aromatic N) is 1. The van der Waals surface area contributed by atoms with Gasteiger partial charge in [0.05, 0.1) is 6.10 Å². The van der Waals surface area contributed by atoms with E-state index in [2.05, 4.69) is 17.2 Å². The highest BCUT2D eigenvalue weighted by molar-refractivity contribution is 5.72. The minimum Gasteiger partial charge on any atom is -0.441 e. The molecule has 1 fully saturated rings. The first-order valence-corrected chi connectivity index (χ1v) is 7.45. The molecule has 3 atom stereocenters. The maximum absolute atomic E-state index is 5.84. The summed E-state index contributed by atoms with van der Waals surface area (Å²) in [5, 5.41) is 3.42. The molecule has 0 bridgehead atoms. The second kappa shape index (κ2) is 5.94. The number of oxazole rings is 1. The van der Waals surface area contributed by atoms with Gasteiger partial charge in [0.25, 0.3) is 0 Å². The van der Waals surface area contributed by atoms with Crippen LogP contribution in [0.3, 0.4) is 0 Å². The van der Waals surface area contributed by atoms with Crippen molar-refractivity contribution in [3.8, 4) is 0 Å². The number of fused-ring (bicyclic) bond motifs is 1. The third-order valence-electron chi connectivity index (χ3n) is 4.28. The molecule has 1 aliphatic heterocycles. The average molecular weight is 274 g/mol. The Kier molecular flexibility index (Phi) is 4.03. The highest BCUT2D eigenvalue weighted by atomic mass is 16.5. The molecule has 0 spiro atoms. The van der Waals surface area contributed by atoms with Crippen LogP contribution in [0.2, 0.25) is 0 Å². The van der Waals surface area contributed by atoms with E-state index in [9.17, 15) is 0 Å². The largest absolute Gasteiger partial charge is 0.441 e. The molecular weight excluding hydrogens is 252 g/mol. The van der Waals surface area contributed by atoms with E-state index < -0.39 is 0 Å². The van der Waals surface area contributed by atoms with Gasteiger partial charge < -0.3 is 14.5 Å². The molecule has 1 aliphatic rings. The normalized spacial score (nSPS) is 24.3. The van der Waals surface area contributed by atoms with Crippen LogP contribution in [0, 0.1) is 5.92 Å². The van der Waals surface area contributed by atoms with Crippen molar-refractivity contribution in [2.45, 2.75) is 38.3 Å². The van der Waals surface area contributed by atoms with Gasteiger partial charge >= 0.3 is 0 Å². The zero-order valence-electron chi connectivity index (χ0n) is 12.1. The van der Waals surface area contributed by atoms with E-state index in [0.29, 0.717) is 18.1 Å². The van der Waals surface area contributed by atoms with E-state index in [0.717, 1.165) is 42.9 Å². The zero-order chi connectivity index (χ0) is 13.9. The zero-order valence-corrected chi connectivity index (χ0v) is 12.1. The standard InChI is InChI=1S/C16H22N2O2/c1-3-14-11(8-9-19-14)13(17-2)10-16-18-12-6-4-5-7-15(12)20-16/h4-7,11,13-14,17H,3,8-10H2,1-2H3. The van der Waals surface area contributed by atoms with Crippen molar-refractivity contribution in [3.63, 3.8) is 0 Å². The number of ether oxygens (including phenoxy) is 1. The van der Waals surface area contributed by atoms with Crippen molar-refractivity contribution < 1.29 is 9.15 Å². The van der Waals surface area contributed by atoms with Gasteiger partial charge in [-0.2, -0.15) is 0 Å². The first-order valence-electron chi connectivity index (χ1n) is 7.45. The lowest BCUT2D eigenvalue weighted by Gasteiger charge is -2.25. The Bertz CT molecular complexity index is 533. The Morgan fingerprint density at radius 2 is 2.25 bits per heavy atom. The molecule has 1 N–H and O–H groups in total. The van der Waals surface area contributed by atoms with Gasteiger partial charge in [-0.05, 0) is 32.0 Å². The van der Waals surface area contributed by atoms with Gasteiger partial charge in [-0.1, -0.05) is 19.1 Å². The Hall–Kier alpha value is -1.39. The molecule has 0 aliphatic carbocycles. The topological polar surface area (TPSA) is 47.3 Å². The van der Waals surface area contributed by atoms with Crippen LogP contribution in [0.25, 0.3) is 11.1 Å². The molecule has 2 heterocycles. The van der Waals surface area contributed by atoms with Gasteiger partial charge in [-0.15, -0.1) is 0 Å². The summed E-state index contributed by atoms with van der Waals surface area (Å²) >= 11 is 0. The number of benzene rings is 1. The van der Waals surface area contributed by atoms with Crippen molar-refractivity contribution >= 4 is 11.1 Å². The number of hydrogen-bond donors (Lipinski definition) is 1. The van der Waals surface area contributed by atoms with E-state index in [1.165, 1.54) is 0 Å². The highest BCUT2D eigenvalue weighted by Crippen LogP contribution is 2.28. The summed E-state index contributed by atoms with van der Waals surface area (Å²) in [5.74, 6) is 1.35. The summed E-state index contributed by atoms with van der Waals surface area (Å²) in [5.41, 5.74) is 1.80. The fraction of sp³-hybridized carbons (Fsp3) is 0.562. The molecule has 0 saturated carbocycles. The third-order valence-corrected chi connectivity index (χ3v) is 4.28. The fourth-order valence-corrected chi connectivity index (χ4v) is 3.21. The predicted molar refractivity (Wildman–Crippen MR) is 78.7 cm³/mol. The molecule has 3 unspecified atom stereocenters. The summed E-state index contributed by atoms with van der Waals surface area (Å²) < 4.78 is 11.6. The maximum atomic E-state index is 5.84. The van der Waals surface area contributed by atoms with E-state index in [4.69, 9.17) is 9.15 Å². The quantitative estimate of drug-likeness (QED) is 0.910. The lowest BCUT2D eigenvalue weighted by Crippen LogP contribution is -2.39. The fourth-order valence-electron chi connectivity index (χ4n) is 3.21. The van der Waals surface area contributed by atoms with Crippen molar-refractivity contribution in [2.24, 2.45) is 5.92 Å². The monoisotopic (exact) mass is 274 g/mol. The van der Waals surface area contributed by atoms with E-state index >= 15 is 0 Å². The van der Waals surface area contributed by atoms with Crippen LogP contribution in [0.15, 0.2) is 28.7 Å². The van der Waals surface area contributed by atoms with Gasteiger partial charge in [-0.25, -0.2) is 4.98 Å². The maximum Gasteiger partial charge on any atom is 0.197 e. The number of hydrogen-bond acceptors (Lipinski definition) is 4. The molecule has 1 aromatic carbocycles. The third kappa shape index (κ3) is 2.58. The predicted octanol–water partition coefficient (Wildman–Crippen LogP) is 2.77. The smallest absolute Gasteiger partial charge is 0.197 e. The molecule has 1 saturated heterocycles. The van der Waals surface area contributed by atoms with Crippen LogP contribution < -0.4 is 5.32 Å². The average Bonchev–Trinajstić information content (AvgIpc) is 3.10.